The molecule has 1 aromatic rings. The Morgan fingerprint density at radius 2 is 2.38 bits per heavy atom. The van der Waals surface area contributed by atoms with Crippen molar-refractivity contribution in [1.82, 2.24) is 0 Å². The van der Waals surface area contributed by atoms with Gasteiger partial charge < -0.3 is 10.5 Å². The molecule has 1 rings (SSSR count). The van der Waals surface area contributed by atoms with Gasteiger partial charge in [-0.25, -0.2) is 0 Å². The van der Waals surface area contributed by atoms with E-state index >= 15 is 0 Å². The molecule has 2 N–H and O–H groups in total. The van der Waals surface area contributed by atoms with Crippen molar-refractivity contribution in [1.29, 1.82) is 5.26 Å². The largest absolute Gasteiger partial charge is 0.476 e. The minimum absolute atomic E-state index is 0.0441. The summed E-state index contributed by atoms with van der Waals surface area (Å²) in [7, 11) is 0. The van der Waals surface area contributed by atoms with Gasteiger partial charge in [0.2, 0.25) is 0 Å². The highest BCUT2D eigenvalue weighted by Crippen LogP contribution is 2.24. The van der Waals surface area contributed by atoms with Gasteiger partial charge in [0.25, 0.3) is 5.69 Å². The Bertz CT molecular complexity index is 439. The number of nitrogens with two attached hydrogens (primary N) is 1. The van der Waals surface area contributed by atoms with E-state index < -0.39 is 11.0 Å². The van der Waals surface area contributed by atoms with Crippen LogP contribution in [-0.2, 0) is 6.54 Å². The number of nitro groups is 1. The summed E-state index contributed by atoms with van der Waals surface area (Å²) >= 11 is 0. The maximum absolute atomic E-state index is 10.5. The lowest BCUT2D eigenvalue weighted by molar-refractivity contribution is -0.384. The van der Waals surface area contributed by atoms with E-state index in [4.69, 9.17) is 15.7 Å². The highest BCUT2D eigenvalue weighted by molar-refractivity contribution is 5.43. The van der Waals surface area contributed by atoms with Crippen LogP contribution in [-0.4, -0.2) is 11.0 Å². The summed E-state index contributed by atoms with van der Waals surface area (Å²) in [6, 6.07) is 6.02. The second kappa shape index (κ2) is 5.09. The third kappa shape index (κ3) is 2.68. The van der Waals surface area contributed by atoms with Crippen molar-refractivity contribution < 1.29 is 9.66 Å². The zero-order valence-corrected chi connectivity index (χ0v) is 8.71. The van der Waals surface area contributed by atoms with Crippen LogP contribution in [0.5, 0.6) is 5.75 Å². The lowest BCUT2D eigenvalue weighted by Gasteiger charge is -2.11. The summed E-state index contributed by atoms with van der Waals surface area (Å²) in [6.07, 6.45) is -0.619. The van der Waals surface area contributed by atoms with Crippen molar-refractivity contribution in [3.63, 3.8) is 0 Å². The second-order valence-corrected chi connectivity index (χ2v) is 3.14. The number of nitrogens with zero attached hydrogens (tertiary/aromatic N) is 2. The van der Waals surface area contributed by atoms with E-state index in [0.717, 1.165) is 0 Å². The number of hydrogen-bond acceptors (Lipinski definition) is 5. The van der Waals surface area contributed by atoms with Crippen LogP contribution < -0.4 is 10.5 Å². The fraction of sp³-hybridized carbons (Fsp3) is 0.300. The highest BCUT2D eigenvalue weighted by atomic mass is 16.6. The molecule has 1 aromatic carbocycles. The minimum atomic E-state index is -0.619. The molecule has 0 aromatic heterocycles. The molecule has 0 amide bonds. The monoisotopic (exact) mass is 221 g/mol. The third-order valence-corrected chi connectivity index (χ3v) is 1.96. The standard InChI is InChI=1S/C10H11N3O3/c1-7(5-11)16-10-3-2-9(13(14)15)4-8(10)6-12/h2-4,7H,6,12H2,1H3. The van der Waals surface area contributed by atoms with Crippen molar-refractivity contribution in [2.45, 2.75) is 19.6 Å². The molecule has 0 aliphatic rings. The second-order valence-electron chi connectivity index (χ2n) is 3.14. The molecule has 1 unspecified atom stereocenters. The molecule has 1 atom stereocenters. The molecule has 0 bridgehead atoms. The van der Waals surface area contributed by atoms with Crippen LogP contribution in [0.4, 0.5) is 5.69 Å². The van der Waals surface area contributed by atoms with Crippen LogP contribution >= 0.6 is 0 Å². The first-order valence-corrected chi connectivity index (χ1v) is 4.62. The molecule has 0 fully saturated rings. The van der Waals surface area contributed by atoms with Gasteiger partial charge >= 0.3 is 0 Å². The molecule has 0 aliphatic carbocycles. The van der Waals surface area contributed by atoms with Crippen molar-refractivity contribution in [2.24, 2.45) is 5.73 Å². The average molecular weight is 221 g/mol. The van der Waals surface area contributed by atoms with E-state index in [1.165, 1.54) is 18.2 Å². The Morgan fingerprint density at radius 3 is 2.88 bits per heavy atom. The van der Waals surface area contributed by atoms with Crippen LogP contribution in [0.1, 0.15) is 12.5 Å². The Labute approximate surface area is 92.4 Å². The summed E-state index contributed by atoms with van der Waals surface area (Å²) < 4.78 is 5.26. The van der Waals surface area contributed by atoms with Gasteiger partial charge in [-0.1, -0.05) is 0 Å². The van der Waals surface area contributed by atoms with Gasteiger partial charge in [0.1, 0.15) is 11.8 Å². The molecule has 0 aliphatic heterocycles. The fourth-order valence-corrected chi connectivity index (χ4v) is 1.17. The number of hydrogen-bond donors (Lipinski definition) is 1. The van der Waals surface area contributed by atoms with Gasteiger partial charge in [-0.3, -0.25) is 10.1 Å². The normalized spacial score (nSPS) is 11.6. The smallest absolute Gasteiger partial charge is 0.270 e. The first-order chi connectivity index (χ1) is 7.58. The number of non-ortho nitro benzene ring substituents is 1. The molecule has 0 radical (unpaired) electrons. The van der Waals surface area contributed by atoms with Gasteiger partial charge in [-0.15, -0.1) is 0 Å². The van der Waals surface area contributed by atoms with E-state index in [1.54, 1.807) is 6.92 Å². The van der Waals surface area contributed by atoms with Crippen molar-refractivity contribution in [3.05, 3.63) is 33.9 Å². The van der Waals surface area contributed by atoms with E-state index in [9.17, 15) is 10.1 Å². The van der Waals surface area contributed by atoms with Gasteiger partial charge in [0.15, 0.2) is 6.10 Å². The average Bonchev–Trinajstić information content (AvgIpc) is 2.29. The van der Waals surface area contributed by atoms with E-state index in [0.29, 0.717) is 11.3 Å². The van der Waals surface area contributed by atoms with Crippen molar-refractivity contribution >= 4 is 5.69 Å². The zero-order chi connectivity index (χ0) is 12.1. The highest BCUT2D eigenvalue weighted by Gasteiger charge is 2.12. The summed E-state index contributed by atoms with van der Waals surface area (Å²) in [4.78, 5) is 10.0. The topological polar surface area (TPSA) is 102 Å². The molecular formula is C10H11N3O3. The summed E-state index contributed by atoms with van der Waals surface area (Å²) in [5.41, 5.74) is 5.92. The van der Waals surface area contributed by atoms with Gasteiger partial charge in [-0.2, -0.15) is 5.26 Å². The Morgan fingerprint density at radius 1 is 1.69 bits per heavy atom. The van der Waals surface area contributed by atoms with Crippen molar-refractivity contribution in [3.8, 4) is 11.8 Å². The Balaban J connectivity index is 3.03. The molecule has 6 heteroatoms. The maximum atomic E-state index is 10.5. The molecule has 0 spiro atoms. The molecule has 16 heavy (non-hydrogen) atoms. The summed E-state index contributed by atoms with van der Waals surface area (Å²) in [6.45, 7) is 1.71. The van der Waals surface area contributed by atoms with Crippen molar-refractivity contribution in [2.75, 3.05) is 0 Å². The Hall–Kier alpha value is -2.13. The summed E-state index contributed by atoms with van der Waals surface area (Å²) in [5, 5.41) is 19.1. The molecule has 0 saturated carbocycles. The third-order valence-electron chi connectivity index (χ3n) is 1.96. The van der Waals surface area contributed by atoms with Crippen LogP contribution in [0.3, 0.4) is 0 Å². The molecule has 6 nitrogen and oxygen atoms in total. The lowest BCUT2D eigenvalue weighted by Crippen LogP contribution is -2.11. The fourth-order valence-electron chi connectivity index (χ4n) is 1.17. The number of ether oxygens (including phenoxy) is 1. The predicted octanol–water partition coefficient (Wildman–Crippen LogP) is 1.34. The quantitative estimate of drug-likeness (QED) is 0.610. The number of rotatable bonds is 4. The number of nitro benzene ring substituents is 1. The van der Waals surface area contributed by atoms with Gasteiger partial charge in [0, 0.05) is 24.2 Å². The van der Waals surface area contributed by atoms with E-state index in [2.05, 4.69) is 0 Å². The Kier molecular flexibility index (Phi) is 3.80. The van der Waals surface area contributed by atoms with Crippen LogP contribution in [0.15, 0.2) is 18.2 Å². The van der Waals surface area contributed by atoms with Crippen LogP contribution in [0.25, 0.3) is 0 Å². The first-order valence-electron chi connectivity index (χ1n) is 4.62. The van der Waals surface area contributed by atoms with E-state index in [1.807, 2.05) is 6.07 Å². The van der Waals surface area contributed by atoms with E-state index in [-0.39, 0.29) is 12.2 Å². The van der Waals surface area contributed by atoms with Gasteiger partial charge in [0.05, 0.1) is 4.92 Å². The summed E-state index contributed by atoms with van der Waals surface area (Å²) in [5.74, 6) is 0.405. The minimum Gasteiger partial charge on any atom is -0.476 e. The maximum Gasteiger partial charge on any atom is 0.270 e. The van der Waals surface area contributed by atoms with Crippen LogP contribution in [0, 0.1) is 21.4 Å². The molecule has 84 valence electrons. The molecule has 0 saturated heterocycles. The lowest BCUT2D eigenvalue weighted by atomic mass is 10.2. The predicted molar refractivity (Wildman–Crippen MR) is 56.7 cm³/mol. The molecule has 0 heterocycles. The number of nitriles is 1. The molecular weight excluding hydrogens is 210 g/mol. The first kappa shape index (κ1) is 11.9. The van der Waals surface area contributed by atoms with Crippen LogP contribution in [0.2, 0.25) is 0 Å². The van der Waals surface area contributed by atoms with Gasteiger partial charge in [-0.05, 0) is 13.0 Å². The zero-order valence-electron chi connectivity index (χ0n) is 8.71. The number of benzene rings is 1. The SMILES string of the molecule is CC(C#N)Oc1ccc([N+](=O)[O-])cc1CN.